The first-order chi connectivity index (χ1) is 7.83. The maximum Gasteiger partial charge on any atom is 0.162 e. The molecule has 1 aromatic carbocycles. The molecule has 16 heavy (non-hydrogen) atoms. The van der Waals surface area contributed by atoms with Crippen LogP contribution >= 0.6 is 0 Å². The molecule has 2 rings (SSSR count). The van der Waals surface area contributed by atoms with Crippen molar-refractivity contribution in [2.24, 2.45) is 0 Å². The van der Waals surface area contributed by atoms with Crippen molar-refractivity contribution in [2.45, 2.75) is 0 Å². The molecule has 0 atom stereocenters. The summed E-state index contributed by atoms with van der Waals surface area (Å²) in [4.78, 5) is 8.45. The highest BCUT2D eigenvalue weighted by Crippen LogP contribution is 2.16. The van der Waals surface area contributed by atoms with Crippen molar-refractivity contribution in [3.63, 3.8) is 0 Å². The van der Waals surface area contributed by atoms with Gasteiger partial charge >= 0.3 is 0 Å². The minimum absolute atomic E-state index is 0.359. The van der Waals surface area contributed by atoms with Crippen LogP contribution in [-0.2, 0) is 0 Å². The summed E-state index contributed by atoms with van der Waals surface area (Å²) < 4.78 is 0. The van der Waals surface area contributed by atoms with Gasteiger partial charge in [0.2, 0.25) is 0 Å². The van der Waals surface area contributed by atoms with Crippen LogP contribution in [0.1, 0.15) is 5.69 Å². The molecule has 0 aliphatic rings. The van der Waals surface area contributed by atoms with Crippen LogP contribution in [0.15, 0.2) is 36.4 Å². The number of nitrogens with one attached hydrogen (secondary N) is 1. The molecule has 1 aromatic heterocycles. The Bertz CT molecular complexity index is 528. The van der Waals surface area contributed by atoms with Gasteiger partial charge in [-0.1, -0.05) is 30.3 Å². The van der Waals surface area contributed by atoms with Gasteiger partial charge in [0.05, 0.1) is 0 Å². The predicted octanol–water partition coefficient (Wildman–Crippen LogP) is 2.06. The fourth-order valence-electron chi connectivity index (χ4n) is 1.35. The van der Waals surface area contributed by atoms with Crippen molar-refractivity contribution in [1.82, 2.24) is 9.97 Å². The lowest BCUT2D eigenvalue weighted by molar-refractivity contribution is 1.14. The largest absolute Gasteiger partial charge is 0.373 e. The van der Waals surface area contributed by atoms with E-state index in [0.717, 1.165) is 5.56 Å². The van der Waals surface area contributed by atoms with E-state index < -0.39 is 0 Å². The Morgan fingerprint density at radius 2 is 1.94 bits per heavy atom. The Balaban J connectivity index is 2.54. The maximum atomic E-state index is 8.86. The third-order valence-corrected chi connectivity index (χ3v) is 2.13. The SMILES string of the molecule is CNc1cc(C#N)nc(-c2ccccc2)n1. The van der Waals surface area contributed by atoms with E-state index in [0.29, 0.717) is 17.3 Å². The zero-order valence-corrected chi connectivity index (χ0v) is 8.81. The zero-order valence-electron chi connectivity index (χ0n) is 8.81. The monoisotopic (exact) mass is 210 g/mol. The van der Waals surface area contributed by atoms with Gasteiger partial charge in [-0.2, -0.15) is 5.26 Å². The molecule has 0 spiro atoms. The Morgan fingerprint density at radius 3 is 2.56 bits per heavy atom. The van der Waals surface area contributed by atoms with E-state index in [1.165, 1.54) is 0 Å². The van der Waals surface area contributed by atoms with E-state index in [1.54, 1.807) is 13.1 Å². The number of nitriles is 1. The Hall–Kier alpha value is -2.41. The van der Waals surface area contributed by atoms with E-state index >= 15 is 0 Å². The topological polar surface area (TPSA) is 61.6 Å². The van der Waals surface area contributed by atoms with Crippen LogP contribution in [0.4, 0.5) is 5.82 Å². The molecule has 0 unspecified atom stereocenters. The van der Waals surface area contributed by atoms with Crippen molar-refractivity contribution in [2.75, 3.05) is 12.4 Å². The van der Waals surface area contributed by atoms with Crippen LogP contribution in [-0.4, -0.2) is 17.0 Å². The van der Waals surface area contributed by atoms with Crippen LogP contribution in [0.5, 0.6) is 0 Å². The van der Waals surface area contributed by atoms with E-state index in [2.05, 4.69) is 15.3 Å². The number of rotatable bonds is 2. The van der Waals surface area contributed by atoms with Crippen molar-refractivity contribution in [3.8, 4) is 17.5 Å². The van der Waals surface area contributed by atoms with Crippen LogP contribution < -0.4 is 5.32 Å². The molecule has 0 saturated carbocycles. The first-order valence-electron chi connectivity index (χ1n) is 4.86. The number of hydrogen-bond donors (Lipinski definition) is 1. The lowest BCUT2D eigenvalue weighted by Gasteiger charge is -2.03. The van der Waals surface area contributed by atoms with Crippen LogP contribution in [0.2, 0.25) is 0 Å². The lowest BCUT2D eigenvalue weighted by Crippen LogP contribution is -1.98. The average molecular weight is 210 g/mol. The van der Waals surface area contributed by atoms with Gasteiger partial charge in [0.1, 0.15) is 17.6 Å². The fraction of sp³-hybridized carbons (Fsp3) is 0.0833. The molecule has 0 aliphatic heterocycles. The van der Waals surface area contributed by atoms with Crippen LogP contribution in [0, 0.1) is 11.3 Å². The minimum Gasteiger partial charge on any atom is -0.373 e. The summed E-state index contributed by atoms with van der Waals surface area (Å²) in [5.41, 5.74) is 1.26. The van der Waals surface area contributed by atoms with Gasteiger partial charge in [-0.15, -0.1) is 0 Å². The summed E-state index contributed by atoms with van der Waals surface area (Å²) in [6.07, 6.45) is 0. The highest BCUT2D eigenvalue weighted by Gasteiger charge is 2.04. The minimum atomic E-state index is 0.359. The van der Waals surface area contributed by atoms with Crippen molar-refractivity contribution >= 4 is 5.82 Å². The van der Waals surface area contributed by atoms with Crippen molar-refractivity contribution in [1.29, 1.82) is 5.26 Å². The van der Waals surface area contributed by atoms with Gasteiger partial charge < -0.3 is 5.32 Å². The normalized spacial score (nSPS) is 9.50. The summed E-state index contributed by atoms with van der Waals surface area (Å²) in [6, 6.07) is 13.2. The van der Waals surface area contributed by atoms with Gasteiger partial charge in [0, 0.05) is 18.7 Å². The maximum absolute atomic E-state index is 8.86. The second-order valence-electron chi connectivity index (χ2n) is 3.19. The number of hydrogen-bond acceptors (Lipinski definition) is 4. The lowest BCUT2D eigenvalue weighted by atomic mass is 10.2. The summed E-state index contributed by atoms with van der Waals surface area (Å²) >= 11 is 0. The standard InChI is InChI=1S/C12H10N4/c1-14-11-7-10(8-13)15-12(16-11)9-5-3-2-4-6-9/h2-7H,1H3,(H,14,15,16). The number of benzene rings is 1. The quantitative estimate of drug-likeness (QED) is 0.824. The summed E-state index contributed by atoms with van der Waals surface area (Å²) in [7, 11) is 1.76. The van der Waals surface area contributed by atoms with E-state index in [-0.39, 0.29) is 0 Å². The molecule has 0 aliphatic carbocycles. The number of nitrogens with zero attached hydrogens (tertiary/aromatic N) is 3. The Labute approximate surface area is 93.6 Å². The summed E-state index contributed by atoms with van der Waals surface area (Å²) in [5.74, 6) is 1.20. The summed E-state index contributed by atoms with van der Waals surface area (Å²) in [5, 5.41) is 11.8. The van der Waals surface area contributed by atoms with Gasteiger partial charge in [0.25, 0.3) is 0 Å². The van der Waals surface area contributed by atoms with Crippen molar-refractivity contribution in [3.05, 3.63) is 42.1 Å². The molecule has 0 saturated heterocycles. The highest BCUT2D eigenvalue weighted by molar-refractivity contribution is 5.58. The second kappa shape index (κ2) is 4.41. The first-order valence-corrected chi connectivity index (χ1v) is 4.86. The molecular formula is C12H10N4. The van der Waals surface area contributed by atoms with E-state index in [9.17, 15) is 0 Å². The molecule has 0 fully saturated rings. The number of aromatic nitrogens is 2. The molecule has 0 amide bonds. The zero-order chi connectivity index (χ0) is 11.4. The van der Waals surface area contributed by atoms with Crippen LogP contribution in [0.3, 0.4) is 0 Å². The third kappa shape index (κ3) is 1.98. The van der Waals surface area contributed by atoms with Gasteiger partial charge in [0.15, 0.2) is 5.82 Å². The molecule has 0 radical (unpaired) electrons. The van der Waals surface area contributed by atoms with Gasteiger partial charge in [-0.05, 0) is 0 Å². The second-order valence-corrected chi connectivity index (χ2v) is 3.19. The van der Waals surface area contributed by atoms with E-state index in [4.69, 9.17) is 5.26 Å². The molecular weight excluding hydrogens is 200 g/mol. The Kier molecular flexibility index (Phi) is 2.79. The molecule has 1 heterocycles. The molecule has 1 N–H and O–H groups in total. The summed E-state index contributed by atoms with van der Waals surface area (Å²) in [6.45, 7) is 0. The predicted molar refractivity (Wildman–Crippen MR) is 61.7 cm³/mol. The van der Waals surface area contributed by atoms with Gasteiger partial charge in [-0.3, -0.25) is 0 Å². The third-order valence-electron chi connectivity index (χ3n) is 2.13. The molecule has 4 heteroatoms. The fourth-order valence-corrected chi connectivity index (χ4v) is 1.35. The molecule has 2 aromatic rings. The van der Waals surface area contributed by atoms with Crippen molar-refractivity contribution < 1.29 is 0 Å². The number of anilines is 1. The first kappa shape index (κ1) is 10.1. The van der Waals surface area contributed by atoms with Crippen LogP contribution in [0.25, 0.3) is 11.4 Å². The van der Waals surface area contributed by atoms with Gasteiger partial charge in [-0.25, -0.2) is 9.97 Å². The molecule has 0 bridgehead atoms. The average Bonchev–Trinajstić information content (AvgIpc) is 2.39. The molecule has 78 valence electrons. The Morgan fingerprint density at radius 1 is 1.19 bits per heavy atom. The molecule has 4 nitrogen and oxygen atoms in total. The van der Waals surface area contributed by atoms with E-state index in [1.807, 2.05) is 36.4 Å². The smallest absolute Gasteiger partial charge is 0.162 e. The highest BCUT2D eigenvalue weighted by atomic mass is 15.0.